The van der Waals surface area contributed by atoms with Crippen LogP contribution in [0.3, 0.4) is 0 Å². The highest BCUT2D eigenvalue weighted by Gasteiger charge is 2.43. The van der Waals surface area contributed by atoms with Crippen LogP contribution in [0.4, 0.5) is 0 Å². The zero-order chi connectivity index (χ0) is 11.1. The van der Waals surface area contributed by atoms with Crippen LogP contribution in [0.2, 0.25) is 0 Å². The van der Waals surface area contributed by atoms with Gasteiger partial charge in [0.25, 0.3) is 0 Å². The van der Waals surface area contributed by atoms with E-state index < -0.39 is 0 Å². The van der Waals surface area contributed by atoms with Crippen molar-refractivity contribution in [2.45, 2.75) is 46.0 Å². The predicted octanol–water partition coefficient (Wildman–Crippen LogP) is 2.67. The molecule has 1 saturated carbocycles. The number of fused-ring (bicyclic) bond motifs is 1. The van der Waals surface area contributed by atoms with E-state index in [2.05, 4.69) is 0 Å². The maximum absolute atomic E-state index is 12.0. The maximum Gasteiger partial charge on any atom is 0.158 e. The van der Waals surface area contributed by atoms with Crippen LogP contribution in [0.25, 0.3) is 0 Å². The van der Waals surface area contributed by atoms with E-state index in [0.29, 0.717) is 24.5 Å². The smallest absolute Gasteiger partial charge is 0.158 e. The summed E-state index contributed by atoms with van der Waals surface area (Å²) >= 11 is 0. The van der Waals surface area contributed by atoms with Gasteiger partial charge < -0.3 is 0 Å². The van der Waals surface area contributed by atoms with Crippen LogP contribution in [0, 0.1) is 11.3 Å². The van der Waals surface area contributed by atoms with Gasteiger partial charge in [-0.25, -0.2) is 0 Å². The van der Waals surface area contributed by atoms with Crippen molar-refractivity contribution in [3.8, 4) is 0 Å². The van der Waals surface area contributed by atoms with Gasteiger partial charge in [-0.2, -0.15) is 0 Å². The first-order chi connectivity index (χ1) is 7.04. The number of carbonyl (C=O) groups is 2. The van der Waals surface area contributed by atoms with E-state index in [1.165, 1.54) is 0 Å². The molecule has 2 aliphatic rings. The molecular formula is C13H18O2. The molecule has 82 valence electrons. The lowest BCUT2D eigenvalue weighted by molar-refractivity contribution is -0.133. The third kappa shape index (κ3) is 1.66. The first kappa shape index (κ1) is 10.6. The Morgan fingerprint density at radius 3 is 2.80 bits per heavy atom. The molecule has 0 saturated heterocycles. The summed E-state index contributed by atoms with van der Waals surface area (Å²) in [5, 5.41) is 0. The van der Waals surface area contributed by atoms with Crippen molar-refractivity contribution in [1.29, 1.82) is 0 Å². The number of hydrogen-bond donors (Lipinski definition) is 0. The number of carbonyl (C=O) groups excluding carboxylic acids is 2. The monoisotopic (exact) mass is 206 g/mol. The molecule has 2 rings (SSSR count). The Morgan fingerprint density at radius 1 is 1.33 bits per heavy atom. The Kier molecular flexibility index (Phi) is 2.53. The van der Waals surface area contributed by atoms with E-state index in [1.54, 1.807) is 0 Å². The van der Waals surface area contributed by atoms with Crippen molar-refractivity contribution in [1.82, 2.24) is 0 Å². The van der Waals surface area contributed by atoms with Crippen molar-refractivity contribution in [2.75, 3.05) is 0 Å². The second-order valence-corrected chi connectivity index (χ2v) is 5.11. The van der Waals surface area contributed by atoms with E-state index in [4.69, 9.17) is 0 Å². The van der Waals surface area contributed by atoms with Crippen molar-refractivity contribution < 1.29 is 9.59 Å². The van der Waals surface area contributed by atoms with E-state index >= 15 is 0 Å². The lowest BCUT2D eigenvalue weighted by atomic mass is 9.65. The van der Waals surface area contributed by atoms with Crippen LogP contribution in [-0.4, -0.2) is 11.6 Å². The number of ketones is 2. The predicted molar refractivity (Wildman–Crippen MR) is 58.5 cm³/mol. The minimum atomic E-state index is -0.258. The number of rotatable bonds is 0. The fraction of sp³-hybridized carbons (Fsp3) is 0.692. The van der Waals surface area contributed by atoms with Crippen LogP contribution >= 0.6 is 0 Å². The van der Waals surface area contributed by atoms with Crippen molar-refractivity contribution in [2.24, 2.45) is 11.3 Å². The molecule has 2 aliphatic carbocycles. The molecule has 0 heterocycles. The molecule has 0 aromatic carbocycles. The molecule has 0 radical (unpaired) electrons. The summed E-state index contributed by atoms with van der Waals surface area (Å²) in [7, 11) is 0. The number of allylic oxidation sites excluding steroid dienone is 2. The molecule has 1 fully saturated rings. The summed E-state index contributed by atoms with van der Waals surface area (Å²) in [4.78, 5) is 23.6. The van der Waals surface area contributed by atoms with Gasteiger partial charge in [0.05, 0.1) is 0 Å². The SMILES string of the molecule is CC1=CC2CCCC(=O)C2(C)CCC1=O. The topological polar surface area (TPSA) is 34.1 Å². The van der Waals surface area contributed by atoms with Crippen molar-refractivity contribution in [3.05, 3.63) is 11.6 Å². The second-order valence-electron chi connectivity index (χ2n) is 5.11. The van der Waals surface area contributed by atoms with Crippen molar-refractivity contribution >= 4 is 11.6 Å². The number of hydrogen-bond acceptors (Lipinski definition) is 2. The lowest BCUT2D eigenvalue weighted by Crippen LogP contribution is -2.38. The fourth-order valence-corrected chi connectivity index (χ4v) is 2.85. The summed E-state index contributed by atoms with van der Waals surface area (Å²) in [5.41, 5.74) is 0.601. The zero-order valence-corrected chi connectivity index (χ0v) is 9.51. The molecule has 0 aliphatic heterocycles. The van der Waals surface area contributed by atoms with E-state index in [1.807, 2.05) is 19.9 Å². The van der Waals surface area contributed by atoms with Gasteiger partial charge in [-0.1, -0.05) is 13.0 Å². The minimum absolute atomic E-state index is 0.221. The Balaban J connectivity index is 2.37. The standard InChI is InChI=1S/C13H18O2/c1-9-8-10-4-3-5-12(15)13(10,2)7-6-11(9)14/h8,10H,3-7H2,1-2H3. The molecule has 0 amide bonds. The molecule has 2 nitrogen and oxygen atoms in total. The highest BCUT2D eigenvalue weighted by Crippen LogP contribution is 2.45. The highest BCUT2D eigenvalue weighted by atomic mass is 16.1. The van der Waals surface area contributed by atoms with E-state index in [9.17, 15) is 9.59 Å². The molecule has 0 N–H and O–H groups in total. The van der Waals surface area contributed by atoms with Crippen LogP contribution in [-0.2, 0) is 9.59 Å². The van der Waals surface area contributed by atoms with Crippen molar-refractivity contribution in [3.63, 3.8) is 0 Å². The van der Waals surface area contributed by atoms with Gasteiger partial charge in [-0.05, 0) is 37.7 Å². The highest BCUT2D eigenvalue weighted by molar-refractivity contribution is 5.96. The average Bonchev–Trinajstić information content (AvgIpc) is 2.31. The van der Waals surface area contributed by atoms with Crippen LogP contribution in [0.15, 0.2) is 11.6 Å². The summed E-state index contributed by atoms with van der Waals surface area (Å²) in [6, 6.07) is 0. The summed E-state index contributed by atoms with van der Waals surface area (Å²) in [6.45, 7) is 3.93. The summed E-state index contributed by atoms with van der Waals surface area (Å²) < 4.78 is 0. The molecule has 2 unspecified atom stereocenters. The van der Waals surface area contributed by atoms with Gasteiger partial charge in [-0.3, -0.25) is 9.59 Å². The molecule has 0 aromatic rings. The third-order valence-corrected chi connectivity index (χ3v) is 4.14. The largest absolute Gasteiger partial charge is 0.299 e. The molecule has 0 spiro atoms. The Hall–Kier alpha value is -0.920. The van der Waals surface area contributed by atoms with Crippen LogP contribution in [0.5, 0.6) is 0 Å². The molecule has 0 aromatic heterocycles. The van der Waals surface area contributed by atoms with Gasteiger partial charge in [0.15, 0.2) is 5.78 Å². The van der Waals surface area contributed by atoms with E-state index in [0.717, 1.165) is 24.8 Å². The van der Waals surface area contributed by atoms with Crippen LogP contribution < -0.4 is 0 Å². The third-order valence-electron chi connectivity index (χ3n) is 4.14. The van der Waals surface area contributed by atoms with Gasteiger partial charge >= 0.3 is 0 Å². The molecule has 2 heteroatoms. The van der Waals surface area contributed by atoms with Gasteiger partial charge in [0.1, 0.15) is 5.78 Å². The zero-order valence-electron chi connectivity index (χ0n) is 9.51. The van der Waals surface area contributed by atoms with Gasteiger partial charge in [0.2, 0.25) is 0 Å². The Bertz CT molecular complexity index is 340. The Labute approximate surface area is 90.7 Å². The Morgan fingerprint density at radius 2 is 2.07 bits per heavy atom. The molecular weight excluding hydrogens is 188 g/mol. The lowest BCUT2D eigenvalue weighted by Gasteiger charge is -2.37. The van der Waals surface area contributed by atoms with Gasteiger partial charge in [-0.15, -0.1) is 0 Å². The van der Waals surface area contributed by atoms with Gasteiger partial charge in [0, 0.05) is 18.3 Å². The maximum atomic E-state index is 12.0. The summed E-state index contributed by atoms with van der Waals surface area (Å²) in [6.07, 6.45) is 6.08. The summed E-state index contributed by atoms with van der Waals surface area (Å²) in [5.74, 6) is 0.876. The molecule has 2 atom stereocenters. The molecule has 15 heavy (non-hydrogen) atoms. The first-order valence-electron chi connectivity index (χ1n) is 5.79. The second kappa shape index (κ2) is 3.58. The fourth-order valence-electron chi connectivity index (χ4n) is 2.85. The average molecular weight is 206 g/mol. The van der Waals surface area contributed by atoms with E-state index in [-0.39, 0.29) is 11.2 Å². The minimum Gasteiger partial charge on any atom is -0.299 e. The molecule has 0 bridgehead atoms. The van der Waals surface area contributed by atoms with Crippen LogP contribution in [0.1, 0.15) is 46.0 Å². The number of Topliss-reactive ketones (excluding diaryl/α,β-unsaturated/α-hetero) is 2. The quantitative estimate of drug-likeness (QED) is 0.610. The first-order valence-corrected chi connectivity index (χ1v) is 5.79. The normalized spacial score (nSPS) is 36.9.